The van der Waals surface area contributed by atoms with Crippen LogP contribution in [-0.4, -0.2) is 31.2 Å². The molecule has 0 N–H and O–H groups in total. The first-order chi connectivity index (χ1) is 10.2. The molecule has 0 spiro atoms. The molecule has 2 heterocycles. The van der Waals surface area contributed by atoms with Crippen LogP contribution in [0.5, 0.6) is 0 Å². The number of esters is 1. The van der Waals surface area contributed by atoms with Gasteiger partial charge in [0.15, 0.2) is 0 Å². The van der Waals surface area contributed by atoms with Crippen LogP contribution in [0.3, 0.4) is 0 Å². The lowest BCUT2D eigenvalue weighted by Crippen LogP contribution is -2.39. The Labute approximate surface area is 128 Å². The molecule has 0 amide bonds. The molecule has 0 unspecified atom stereocenters. The molecule has 1 atom stereocenters. The van der Waals surface area contributed by atoms with Crippen molar-refractivity contribution in [3.63, 3.8) is 0 Å². The number of hydrogen-bond acceptors (Lipinski definition) is 4. The number of anilines is 1. The summed E-state index contributed by atoms with van der Waals surface area (Å²) >= 11 is 6.03. The second-order valence-electron chi connectivity index (χ2n) is 5.30. The van der Waals surface area contributed by atoms with E-state index >= 15 is 0 Å². The lowest BCUT2D eigenvalue weighted by molar-refractivity contribution is -0.145. The van der Waals surface area contributed by atoms with Crippen LogP contribution < -0.4 is 4.90 Å². The molecule has 0 saturated carbocycles. The van der Waals surface area contributed by atoms with Crippen molar-refractivity contribution in [3.05, 3.63) is 35.5 Å². The SMILES string of the molecule is COC(=O)[C@H]1CCCN(c2ccnc3cc(Cl)ccc23)C1. The Morgan fingerprint density at radius 1 is 1.43 bits per heavy atom. The summed E-state index contributed by atoms with van der Waals surface area (Å²) in [4.78, 5) is 18.4. The van der Waals surface area contributed by atoms with E-state index in [9.17, 15) is 4.79 Å². The number of carbonyl (C=O) groups is 1. The Morgan fingerprint density at radius 3 is 3.10 bits per heavy atom. The van der Waals surface area contributed by atoms with Gasteiger partial charge in [0.1, 0.15) is 0 Å². The minimum Gasteiger partial charge on any atom is -0.469 e. The number of benzene rings is 1. The Kier molecular flexibility index (Phi) is 3.97. The Balaban J connectivity index is 1.94. The van der Waals surface area contributed by atoms with Crippen molar-refractivity contribution < 1.29 is 9.53 Å². The summed E-state index contributed by atoms with van der Waals surface area (Å²) in [6.07, 6.45) is 3.66. The first-order valence-corrected chi connectivity index (χ1v) is 7.44. The molecular weight excluding hydrogens is 288 g/mol. The summed E-state index contributed by atoms with van der Waals surface area (Å²) in [5.41, 5.74) is 1.98. The number of pyridine rings is 1. The molecule has 0 aliphatic carbocycles. The fourth-order valence-corrected chi connectivity index (χ4v) is 3.10. The first-order valence-electron chi connectivity index (χ1n) is 7.06. The van der Waals surface area contributed by atoms with Gasteiger partial charge in [-0.05, 0) is 37.1 Å². The van der Waals surface area contributed by atoms with Crippen LogP contribution in [0.25, 0.3) is 10.9 Å². The molecule has 1 aliphatic rings. The number of carbonyl (C=O) groups excluding carboxylic acids is 1. The van der Waals surface area contributed by atoms with Gasteiger partial charge in [-0.15, -0.1) is 0 Å². The van der Waals surface area contributed by atoms with E-state index in [2.05, 4.69) is 9.88 Å². The van der Waals surface area contributed by atoms with Gasteiger partial charge in [-0.3, -0.25) is 9.78 Å². The van der Waals surface area contributed by atoms with E-state index in [4.69, 9.17) is 16.3 Å². The van der Waals surface area contributed by atoms with Crippen LogP contribution in [-0.2, 0) is 9.53 Å². The minimum atomic E-state index is -0.124. The quantitative estimate of drug-likeness (QED) is 0.799. The summed E-state index contributed by atoms with van der Waals surface area (Å²) in [6, 6.07) is 7.72. The van der Waals surface area contributed by atoms with Crippen molar-refractivity contribution in [2.45, 2.75) is 12.8 Å². The van der Waals surface area contributed by atoms with Gasteiger partial charge in [-0.1, -0.05) is 11.6 Å². The molecule has 1 fully saturated rings. The van der Waals surface area contributed by atoms with E-state index in [1.165, 1.54) is 7.11 Å². The van der Waals surface area contributed by atoms with Crippen LogP contribution in [0.1, 0.15) is 12.8 Å². The van der Waals surface area contributed by atoms with E-state index in [0.717, 1.165) is 36.0 Å². The summed E-state index contributed by atoms with van der Waals surface area (Å²) in [7, 11) is 1.45. The van der Waals surface area contributed by atoms with Crippen molar-refractivity contribution >= 4 is 34.2 Å². The molecule has 0 radical (unpaired) electrons. The van der Waals surface area contributed by atoms with Gasteiger partial charge in [-0.25, -0.2) is 0 Å². The van der Waals surface area contributed by atoms with Gasteiger partial charge >= 0.3 is 5.97 Å². The van der Waals surface area contributed by atoms with Crippen molar-refractivity contribution in [3.8, 4) is 0 Å². The largest absolute Gasteiger partial charge is 0.469 e. The maximum atomic E-state index is 11.8. The lowest BCUT2D eigenvalue weighted by atomic mass is 9.97. The highest BCUT2D eigenvalue weighted by Gasteiger charge is 2.27. The molecule has 1 aromatic heterocycles. The number of methoxy groups -OCH3 is 1. The lowest BCUT2D eigenvalue weighted by Gasteiger charge is -2.33. The van der Waals surface area contributed by atoms with E-state index in [-0.39, 0.29) is 11.9 Å². The molecule has 1 aromatic carbocycles. The number of aromatic nitrogens is 1. The molecule has 21 heavy (non-hydrogen) atoms. The zero-order valence-electron chi connectivity index (χ0n) is 11.9. The number of rotatable bonds is 2. The van der Waals surface area contributed by atoms with E-state index in [0.29, 0.717) is 11.6 Å². The molecular formula is C16H17ClN2O2. The average molecular weight is 305 g/mol. The van der Waals surface area contributed by atoms with Crippen LogP contribution in [0, 0.1) is 5.92 Å². The highest BCUT2D eigenvalue weighted by atomic mass is 35.5. The van der Waals surface area contributed by atoms with Crippen LogP contribution in [0.15, 0.2) is 30.5 Å². The molecule has 110 valence electrons. The predicted molar refractivity (Wildman–Crippen MR) is 83.7 cm³/mol. The fraction of sp³-hybridized carbons (Fsp3) is 0.375. The maximum Gasteiger partial charge on any atom is 0.310 e. The third-order valence-electron chi connectivity index (χ3n) is 3.98. The Hall–Kier alpha value is -1.81. The van der Waals surface area contributed by atoms with Gasteiger partial charge in [0.25, 0.3) is 0 Å². The minimum absolute atomic E-state index is 0.0562. The maximum absolute atomic E-state index is 11.8. The molecule has 5 heteroatoms. The highest BCUT2D eigenvalue weighted by molar-refractivity contribution is 6.31. The van der Waals surface area contributed by atoms with Gasteiger partial charge in [-0.2, -0.15) is 0 Å². The zero-order chi connectivity index (χ0) is 14.8. The Morgan fingerprint density at radius 2 is 2.29 bits per heavy atom. The highest BCUT2D eigenvalue weighted by Crippen LogP contribution is 2.30. The van der Waals surface area contributed by atoms with Crippen molar-refractivity contribution in [2.75, 3.05) is 25.1 Å². The van der Waals surface area contributed by atoms with Gasteiger partial charge in [0.05, 0.1) is 18.5 Å². The van der Waals surface area contributed by atoms with Crippen LogP contribution >= 0.6 is 11.6 Å². The number of halogens is 1. The van der Waals surface area contributed by atoms with Crippen molar-refractivity contribution in [1.29, 1.82) is 0 Å². The normalized spacial score (nSPS) is 18.8. The second-order valence-corrected chi connectivity index (χ2v) is 5.74. The Bertz CT molecular complexity index is 674. The third kappa shape index (κ3) is 2.81. The van der Waals surface area contributed by atoms with Crippen LogP contribution in [0.2, 0.25) is 5.02 Å². The van der Waals surface area contributed by atoms with Gasteiger partial charge < -0.3 is 9.64 Å². The number of nitrogens with zero attached hydrogens (tertiary/aromatic N) is 2. The first kappa shape index (κ1) is 14.1. The monoisotopic (exact) mass is 304 g/mol. The zero-order valence-corrected chi connectivity index (χ0v) is 12.6. The average Bonchev–Trinajstić information content (AvgIpc) is 2.53. The molecule has 0 bridgehead atoms. The van der Waals surface area contributed by atoms with Crippen molar-refractivity contribution in [1.82, 2.24) is 4.98 Å². The number of fused-ring (bicyclic) bond motifs is 1. The summed E-state index contributed by atoms with van der Waals surface area (Å²) in [6.45, 7) is 1.63. The molecule has 1 aliphatic heterocycles. The molecule has 4 nitrogen and oxygen atoms in total. The third-order valence-corrected chi connectivity index (χ3v) is 4.21. The van der Waals surface area contributed by atoms with Gasteiger partial charge in [0.2, 0.25) is 0 Å². The summed E-state index contributed by atoms with van der Waals surface area (Å²) < 4.78 is 4.88. The topological polar surface area (TPSA) is 42.4 Å². The van der Waals surface area contributed by atoms with Gasteiger partial charge in [0, 0.05) is 35.4 Å². The van der Waals surface area contributed by atoms with E-state index < -0.39 is 0 Å². The molecule has 1 saturated heterocycles. The smallest absolute Gasteiger partial charge is 0.310 e. The van der Waals surface area contributed by atoms with Crippen LogP contribution in [0.4, 0.5) is 5.69 Å². The molecule has 2 aromatic rings. The number of piperidine rings is 1. The van der Waals surface area contributed by atoms with E-state index in [1.54, 1.807) is 6.20 Å². The predicted octanol–water partition coefficient (Wildman–Crippen LogP) is 3.28. The second kappa shape index (κ2) is 5.90. The summed E-state index contributed by atoms with van der Waals surface area (Å²) in [5.74, 6) is -0.180. The number of ether oxygens (including phenoxy) is 1. The standard InChI is InChI=1S/C16H17ClN2O2/c1-21-16(20)11-3-2-8-19(10-11)15-6-7-18-14-9-12(17)4-5-13(14)15/h4-7,9,11H,2-3,8,10H2,1H3/t11-/m0/s1. The van der Waals surface area contributed by atoms with E-state index in [1.807, 2.05) is 24.3 Å². The number of hydrogen-bond donors (Lipinski definition) is 0. The summed E-state index contributed by atoms with van der Waals surface area (Å²) in [5, 5.41) is 1.74. The fourth-order valence-electron chi connectivity index (χ4n) is 2.94. The molecule has 3 rings (SSSR count). The van der Waals surface area contributed by atoms with Crippen molar-refractivity contribution in [2.24, 2.45) is 5.92 Å².